The first-order chi connectivity index (χ1) is 7.50. The Morgan fingerprint density at radius 3 is 1.88 bits per heavy atom. The molecule has 0 N–H and O–H groups in total. The molecule has 16 heavy (non-hydrogen) atoms. The van der Waals surface area contributed by atoms with Crippen molar-refractivity contribution >= 4 is 16.6 Å². The van der Waals surface area contributed by atoms with Crippen LogP contribution in [0.3, 0.4) is 0 Å². The fraction of sp³-hybridized carbons (Fsp3) is 0.267. The third-order valence-corrected chi connectivity index (χ3v) is 3.18. The van der Waals surface area contributed by atoms with Crippen molar-refractivity contribution in [2.75, 3.05) is 0 Å². The number of carbonyl (C=O) groups is 1. The SMILES string of the molecule is CC(=O)c1cc2c(C)ccc(C)c2cc1C. The number of aryl methyl sites for hydroxylation is 3. The van der Waals surface area contributed by atoms with Crippen LogP contribution in [0.5, 0.6) is 0 Å². The molecule has 0 heterocycles. The third kappa shape index (κ3) is 1.63. The van der Waals surface area contributed by atoms with Crippen LogP contribution in [0.15, 0.2) is 24.3 Å². The van der Waals surface area contributed by atoms with Gasteiger partial charge in [0.15, 0.2) is 5.78 Å². The van der Waals surface area contributed by atoms with Crippen molar-refractivity contribution < 1.29 is 4.79 Å². The first-order valence-corrected chi connectivity index (χ1v) is 5.52. The summed E-state index contributed by atoms with van der Waals surface area (Å²) in [6.07, 6.45) is 0. The van der Waals surface area contributed by atoms with E-state index < -0.39 is 0 Å². The fourth-order valence-corrected chi connectivity index (χ4v) is 2.17. The van der Waals surface area contributed by atoms with Crippen LogP contribution in [-0.2, 0) is 0 Å². The van der Waals surface area contributed by atoms with Crippen molar-refractivity contribution in [1.82, 2.24) is 0 Å². The summed E-state index contributed by atoms with van der Waals surface area (Å²) < 4.78 is 0. The van der Waals surface area contributed by atoms with Crippen LogP contribution >= 0.6 is 0 Å². The van der Waals surface area contributed by atoms with E-state index in [2.05, 4.69) is 32.0 Å². The summed E-state index contributed by atoms with van der Waals surface area (Å²) in [6, 6.07) is 8.38. The lowest BCUT2D eigenvalue weighted by Crippen LogP contribution is -1.97. The highest BCUT2D eigenvalue weighted by Gasteiger charge is 2.08. The zero-order chi connectivity index (χ0) is 11.9. The maximum Gasteiger partial charge on any atom is 0.160 e. The lowest BCUT2D eigenvalue weighted by atomic mass is 9.94. The molecule has 0 aliphatic heterocycles. The summed E-state index contributed by atoms with van der Waals surface area (Å²) in [5.41, 5.74) is 4.39. The number of benzene rings is 2. The van der Waals surface area contributed by atoms with E-state index in [1.54, 1.807) is 6.92 Å². The molecule has 0 aliphatic carbocycles. The van der Waals surface area contributed by atoms with Gasteiger partial charge in [-0.2, -0.15) is 0 Å². The lowest BCUT2D eigenvalue weighted by Gasteiger charge is -2.10. The van der Waals surface area contributed by atoms with Crippen LogP contribution in [0, 0.1) is 20.8 Å². The molecule has 0 fully saturated rings. The maximum atomic E-state index is 11.5. The van der Waals surface area contributed by atoms with E-state index in [1.807, 2.05) is 13.0 Å². The molecule has 82 valence electrons. The standard InChI is InChI=1S/C15H16O/c1-9-5-6-10(2)15-8-13(12(4)16)11(3)7-14(9)15/h5-8H,1-4H3. The molecule has 1 nitrogen and oxygen atoms in total. The quantitative estimate of drug-likeness (QED) is 0.654. The average Bonchev–Trinajstić information content (AvgIpc) is 2.23. The summed E-state index contributed by atoms with van der Waals surface area (Å²) in [5, 5.41) is 2.44. The Balaban J connectivity index is 2.89. The molecule has 0 aromatic heterocycles. The average molecular weight is 212 g/mol. The van der Waals surface area contributed by atoms with E-state index in [-0.39, 0.29) is 5.78 Å². The predicted molar refractivity (Wildman–Crippen MR) is 68.2 cm³/mol. The monoisotopic (exact) mass is 212 g/mol. The number of ketones is 1. The van der Waals surface area contributed by atoms with Crippen molar-refractivity contribution in [3.63, 3.8) is 0 Å². The Labute approximate surface area is 96.1 Å². The Morgan fingerprint density at radius 1 is 0.875 bits per heavy atom. The summed E-state index contributed by atoms with van der Waals surface area (Å²) in [4.78, 5) is 11.5. The molecule has 0 saturated carbocycles. The molecule has 2 aromatic carbocycles. The van der Waals surface area contributed by atoms with Crippen LogP contribution in [-0.4, -0.2) is 5.78 Å². The Kier molecular flexibility index (Phi) is 2.55. The number of hydrogen-bond acceptors (Lipinski definition) is 1. The third-order valence-electron chi connectivity index (χ3n) is 3.18. The Hall–Kier alpha value is -1.63. The normalized spacial score (nSPS) is 10.8. The van der Waals surface area contributed by atoms with Crippen LogP contribution in [0.25, 0.3) is 10.8 Å². The molecule has 2 rings (SSSR count). The van der Waals surface area contributed by atoms with Gasteiger partial charge in [-0.15, -0.1) is 0 Å². The second-order valence-corrected chi connectivity index (χ2v) is 4.47. The van der Waals surface area contributed by atoms with E-state index in [0.717, 1.165) is 11.1 Å². The van der Waals surface area contributed by atoms with Crippen LogP contribution < -0.4 is 0 Å². The van der Waals surface area contributed by atoms with Gasteiger partial charge in [-0.1, -0.05) is 18.2 Å². The Bertz CT molecular complexity index is 579. The molecule has 0 radical (unpaired) electrons. The highest BCUT2D eigenvalue weighted by molar-refractivity contribution is 6.01. The number of hydrogen-bond donors (Lipinski definition) is 0. The summed E-state index contributed by atoms with van der Waals surface area (Å²) in [5.74, 6) is 0.139. The minimum Gasteiger partial charge on any atom is -0.295 e. The predicted octanol–water partition coefficient (Wildman–Crippen LogP) is 3.97. The molecule has 0 saturated heterocycles. The van der Waals surface area contributed by atoms with Gasteiger partial charge in [-0.05, 0) is 61.2 Å². The first kappa shape index (κ1) is 10.9. The van der Waals surface area contributed by atoms with Gasteiger partial charge in [0.1, 0.15) is 0 Å². The largest absolute Gasteiger partial charge is 0.295 e. The number of carbonyl (C=O) groups excluding carboxylic acids is 1. The summed E-state index contributed by atoms with van der Waals surface area (Å²) in [6.45, 7) is 7.81. The number of rotatable bonds is 1. The zero-order valence-electron chi connectivity index (χ0n) is 10.2. The molecule has 0 aliphatic rings. The van der Waals surface area contributed by atoms with Gasteiger partial charge in [0.2, 0.25) is 0 Å². The molecule has 0 atom stereocenters. The summed E-state index contributed by atoms with van der Waals surface area (Å²) in [7, 11) is 0. The molecule has 2 aromatic rings. The topological polar surface area (TPSA) is 17.1 Å². The highest BCUT2D eigenvalue weighted by atomic mass is 16.1. The van der Waals surface area contributed by atoms with E-state index in [1.165, 1.54) is 21.9 Å². The summed E-state index contributed by atoms with van der Waals surface area (Å²) >= 11 is 0. The van der Waals surface area contributed by atoms with Gasteiger partial charge < -0.3 is 0 Å². The second-order valence-electron chi connectivity index (χ2n) is 4.47. The van der Waals surface area contributed by atoms with Crippen molar-refractivity contribution in [1.29, 1.82) is 0 Å². The van der Waals surface area contributed by atoms with Gasteiger partial charge in [-0.25, -0.2) is 0 Å². The van der Waals surface area contributed by atoms with E-state index >= 15 is 0 Å². The van der Waals surface area contributed by atoms with E-state index in [0.29, 0.717) is 0 Å². The zero-order valence-corrected chi connectivity index (χ0v) is 10.2. The Morgan fingerprint density at radius 2 is 1.38 bits per heavy atom. The van der Waals surface area contributed by atoms with E-state index in [9.17, 15) is 4.79 Å². The first-order valence-electron chi connectivity index (χ1n) is 5.52. The molecule has 0 spiro atoms. The second kappa shape index (κ2) is 3.75. The van der Waals surface area contributed by atoms with Gasteiger partial charge in [0.05, 0.1) is 0 Å². The maximum absolute atomic E-state index is 11.5. The van der Waals surface area contributed by atoms with Crippen LogP contribution in [0.4, 0.5) is 0 Å². The highest BCUT2D eigenvalue weighted by Crippen LogP contribution is 2.25. The molecular weight excluding hydrogens is 196 g/mol. The number of Topliss-reactive ketones (excluding diaryl/α,β-unsaturated/α-hetero) is 1. The van der Waals surface area contributed by atoms with Crippen molar-refractivity contribution in [3.05, 3.63) is 46.5 Å². The van der Waals surface area contributed by atoms with Gasteiger partial charge in [-0.3, -0.25) is 4.79 Å². The van der Waals surface area contributed by atoms with Gasteiger partial charge >= 0.3 is 0 Å². The molecule has 0 unspecified atom stereocenters. The van der Waals surface area contributed by atoms with Crippen molar-refractivity contribution in [2.45, 2.75) is 27.7 Å². The molecule has 0 amide bonds. The minimum absolute atomic E-state index is 0.139. The lowest BCUT2D eigenvalue weighted by molar-refractivity contribution is 0.101. The van der Waals surface area contributed by atoms with E-state index in [4.69, 9.17) is 0 Å². The van der Waals surface area contributed by atoms with Crippen LogP contribution in [0.2, 0.25) is 0 Å². The minimum atomic E-state index is 0.139. The van der Waals surface area contributed by atoms with Crippen LogP contribution in [0.1, 0.15) is 34.0 Å². The van der Waals surface area contributed by atoms with Crippen molar-refractivity contribution in [2.24, 2.45) is 0 Å². The van der Waals surface area contributed by atoms with Gasteiger partial charge in [0, 0.05) is 5.56 Å². The van der Waals surface area contributed by atoms with Gasteiger partial charge in [0.25, 0.3) is 0 Å². The smallest absolute Gasteiger partial charge is 0.160 e. The molecule has 1 heteroatoms. The fourth-order valence-electron chi connectivity index (χ4n) is 2.17. The van der Waals surface area contributed by atoms with Crippen molar-refractivity contribution in [3.8, 4) is 0 Å². The molecular formula is C15H16O. The number of fused-ring (bicyclic) bond motifs is 1. The molecule has 0 bridgehead atoms.